The fourth-order valence-corrected chi connectivity index (χ4v) is 2.86. The van der Waals surface area contributed by atoms with E-state index in [0.717, 1.165) is 34.3 Å². The second-order valence-corrected chi connectivity index (χ2v) is 5.46. The third-order valence-electron chi connectivity index (χ3n) is 3.06. The van der Waals surface area contributed by atoms with Crippen molar-refractivity contribution in [2.75, 3.05) is 0 Å². The van der Waals surface area contributed by atoms with E-state index in [-0.39, 0.29) is 0 Å². The Bertz CT molecular complexity index is 689. The first kappa shape index (κ1) is 12.3. The highest BCUT2D eigenvalue weighted by Gasteiger charge is 2.14. The Balaban J connectivity index is 1.90. The number of rotatable bonds is 4. The number of hydrogen-bond acceptors (Lipinski definition) is 4. The van der Waals surface area contributed by atoms with Crippen LogP contribution in [-0.2, 0) is 6.54 Å². The number of aromatic nitrogens is 3. The maximum Gasteiger partial charge on any atom is 0.109 e. The summed E-state index contributed by atoms with van der Waals surface area (Å²) in [6, 6.07) is 3.98. The van der Waals surface area contributed by atoms with E-state index in [9.17, 15) is 5.11 Å². The lowest BCUT2D eigenvalue weighted by atomic mass is 10.1. The van der Waals surface area contributed by atoms with Crippen LogP contribution >= 0.6 is 11.3 Å². The first-order chi connectivity index (χ1) is 9.28. The van der Waals surface area contributed by atoms with Gasteiger partial charge in [0.1, 0.15) is 6.10 Å². The van der Waals surface area contributed by atoms with Crippen LogP contribution in [0.1, 0.15) is 30.6 Å². The minimum atomic E-state index is -0.662. The monoisotopic (exact) mass is 273 g/mol. The molecule has 0 aromatic carbocycles. The average Bonchev–Trinajstić information content (AvgIpc) is 3.05. The van der Waals surface area contributed by atoms with E-state index in [1.807, 2.05) is 28.4 Å². The van der Waals surface area contributed by atoms with Gasteiger partial charge in [0.05, 0.1) is 16.4 Å². The molecule has 0 radical (unpaired) electrons. The third-order valence-corrected chi connectivity index (χ3v) is 3.91. The van der Waals surface area contributed by atoms with E-state index in [1.165, 1.54) is 0 Å². The maximum absolute atomic E-state index is 10.4. The summed E-state index contributed by atoms with van der Waals surface area (Å²) in [5.41, 5.74) is 2.60. The summed E-state index contributed by atoms with van der Waals surface area (Å²) in [4.78, 5) is 4.35. The second kappa shape index (κ2) is 5.11. The first-order valence-electron chi connectivity index (χ1n) is 6.31. The van der Waals surface area contributed by atoms with Gasteiger partial charge in [0, 0.05) is 30.1 Å². The van der Waals surface area contributed by atoms with Gasteiger partial charge in [-0.1, -0.05) is 6.92 Å². The van der Waals surface area contributed by atoms with Crippen molar-refractivity contribution in [1.82, 2.24) is 14.8 Å². The molecule has 0 amide bonds. The van der Waals surface area contributed by atoms with Crippen molar-refractivity contribution in [3.8, 4) is 0 Å². The molecule has 3 aromatic rings. The molecule has 4 nitrogen and oxygen atoms in total. The van der Waals surface area contributed by atoms with E-state index < -0.39 is 6.10 Å². The Morgan fingerprint density at radius 1 is 1.37 bits per heavy atom. The van der Waals surface area contributed by atoms with Gasteiger partial charge in [-0.3, -0.25) is 9.67 Å². The molecule has 1 atom stereocenters. The smallest absolute Gasteiger partial charge is 0.109 e. The number of aliphatic hydroxyl groups is 1. The van der Waals surface area contributed by atoms with Crippen LogP contribution in [0.3, 0.4) is 0 Å². The van der Waals surface area contributed by atoms with Crippen molar-refractivity contribution in [1.29, 1.82) is 0 Å². The lowest BCUT2D eigenvalue weighted by Gasteiger charge is -2.08. The van der Waals surface area contributed by atoms with Crippen molar-refractivity contribution < 1.29 is 5.11 Å². The standard InChI is InChI=1S/C14H15N3OS/c1-2-4-17-9-11(8-16-17)14(18)10-6-13-12(15-7-10)3-5-19-13/h3,5-9,14,18H,2,4H2,1H3. The van der Waals surface area contributed by atoms with E-state index >= 15 is 0 Å². The van der Waals surface area contributed by atoms with E-state index in [2.05, 4.69) is 17.0 Å². The first-order valence-corrected chi connectivity index (χ1v) is 7.19. The van der Waals surface area contributed by atoms with Crippen LogP contribution in [0.5, 0.6) is 0 Å². The predicted octanol–water partition coefficient (Wildman–Crippen LogP) is 2.98. The van der Waals surface area contributed by atoms with Crippen molar-refractivity contribution in [2.24, 2.45) is 0 Å². The zero-order chi connectivity index (χ0) is 13.2. The summed E-state index contributed by atoms with van der Waals surface area (Å²) in [6.07, 6.45) is 5.72. The lowest BCUT2D eigenvalue weighted by Crippen LogP contribution is -2.00. The van der Waals surface area contributed by atoms with Gasteiger partial charge in [0.25, 0.3) is 0 Å². The Kier molecular flexibility index (Phi) is 3.31. The number of pyridine rings is 1. The highest BCUT2D eigenvalue weighted by atomic mass is 32.1. The predicted molar refractivity (Wildman–Crippen MR) is 76.2 cm³/mol. The zero-order valence-corrected chi connectivity index (χ0v) is 11.5. The van der Waals surface area contributed by atoms with Crippen molar-refractivity contribution in [2.45, 2.75) is 26.0 Å². The molecule has 0 fully saturated rings. The molecule has 0 bridgehead atoms. The van der Waals surface area contributed by atoms with Gasteiger partial charge in [0.2, 0.25) is 0 Å². The quantitative estimate of drug-likeness (QED) is 0.795. The Morgan fingerprint density at radius 3 is 3.11 bits per heavy atom. The normalized spacial score (nSPS) is 12.9. The summed E-state index contributed by atoms with van der Waals surface area (Å²) < 4.78 is 2.95. The van der Waals surface area contributed by atoms with Crippen LogP contribution in [0.15, 0.2) is 36.1 Å². The highest BCUT2D eigenvalue weighted by Crippen LogP contribution is 2.26. The molecule has 3 aromatic heterocycles. The fraction of sp³-hybridized carbons (Fsp3) is 0.286. The van der Waals surface area contributed by atoms with Gasteiger partial charge < -0.3 is 5.11 Å². The number of aliphatic hydroxyl groups excluding tert-OH is 1. The van der Waals surface area contributed by atoms with E-state index in [4.69, 9.17) is 0 Å². The molecule has 1 unspecified atom stereocenters. The number of aryl methyl sites for hydroxylation is 1. The molecular weight excluding hydrogens is 258 g/mol. The molecule has 98 valence electrons. The molecule has 19 heavy (non-hydrogen) atoms. The van der Waals surface area contributed by atoms with Gasteiger partial charge in [-0.2, -0.15) is 5.10 Å². The molecule has 1 N–H and O–H groups in total. The highest BCUT2D eigenvalue weighted by molar-refractivity contribution is 7.17. The van der Waals surface area contributed by atoms with E-state index in [0.29, 0.717) is 0 Å². The molecule has 3 heterocycles. The molecule has 0 aliphatic rings. The molecule has 0 spiro atoms. The summed E-state index contributed by atoms with van der Waals surface area (Å²) in [5, 5.41) is 16.6. The summed E-state index contributed by atoms with van der Waals surface area (Å²) in [6.45, 7) is 2.97. The molecule has 5 heteroatoms. The van der Waals surface area contributed by atoms with Crippen LogP contribution in [0.2, 0.25) is 0 Å². The molecule has 0 aliphatic heterocycles. The van der Waals surface area contributed by atoms with Crippen LogP contribution in [0.4, 0.5) is 0 Å². The van der Waals surface area contributed by atoms with Gasteiger partial charge in [-0.15, -0.1) is 11.3 Å². The number of nitrogens with zero attached hydrogens (tertiary/aromatic N) is 3. The Labute approximate surface area is 115 Å². The fourth-order valence-electron chi connectivity index (χ4n) is 2.08. The van der Waals surface area contributed by atoms with E-state index in [1.54, 1.807) is 23.7 Å². The lowest BCUT2D eigenvalue weighted by molar-refractivity contribution is 0.220. The zero-order valence-electron chi connectivity index (χ0n) is 10.7. The summed E-state index contributed by atoms with van der Waals surface area (Å²) >= 11 is 1.63. The molecule has 3 rings (SSSR count). The summed E-state index contributed by atoms with van der Waals surface area (Å²) in [5.74, 6) is 0. The van der Waals surface area contributed by atoms with Crippen LogP contribution in [0.25, 0.3) is 10.2 Å². The number of thiophene rings is 1. The topological polar surface area (TPSA) is 50.9 Å². The minimum Gasteiger partial charge on any atom is -0.383 e. The second-order valence-electron chi connectivity index (χ2n) is 4.51. The maximum atomic E-state index is 10.4. The van der Waals surface area contributed by atoms with Crippen LogP contribution < -0.4 is 0 Å². The van der Waals surface area contributed by atoms with Gasteiger partial charge in [-0.05, 0) is 23.9 Å². The number of hydrogen-bond donors (Lipinski definition) is 1. The largest absolute Gasteiger partial charge is 0.383 e. The van der Waals surface area contributed by atoms with Gasteiger partial charge >= 0.3 is 0 Å². The molecule has 0 aliphatic carbocycles. The number of fused-ring (bicyclic) bond motifs is 1. The van der Waals surface area contributed by atoms with Crippen molar-refractivity contribution in [3.05, 3.63) is 47.2 Å². The van der Waals surface area contributed by atoms with Crippen molar-refractivity contribution in [3.63, 3.8) is 0 Å². The van der Waals surface area contributed by atoms with Crippen LogP contribution in [0, 0.1) is 0 Å². The Hall–Kier alpha value is -1.72. The average molecular weight is 273 g/mol. The van der Waals surface area contributed by atoms with Gasteiger partial charge in [-0.25, -0.2) is 0 Å². The minimum absolute atomic E-state index is 0.662. The molecular formula is C14H15N3OS. The molecule has 0 saturated carbocycles. The third kappa shape index (κ3) is 2.39. The van der Waals surface area contributed by atoms with Crippen molar-refractivity contribution >= 4 is 21.6 Å². The SMILES string of the molecule is CCCn1cc(C(O)c2cnc3ccsc3c2)cn1. The van der Waals surface area contributed by atoms with Crippen LogP contribution in [-0.4, -0.2) is 19.9 Å². The molecule has 0 saturated heterocycles. The Morgan fingerprint density at radius 2 is 2.26 bits per heavy atom. The van der Waals surface area contributed by atoms with Gasteiger partial charge in [0.15, 0.2) is 0 Å². The summed E-state index contributed by atoms with van der Waals surface area (Å²) in [7, 11) is 0.